The standard InChI is InChI=1S/C32H10O5.H3N.24H2/c1-3-5-7-9-11-13-15-17-19-21-23-25-27-32(35)37-30(28-33)29-36-31(34)26-24-22-20-18-16-14-12-10-8-6-4-2;;;;;;;;;;;;;;;;;;;;;;;;;/h1,30,33H,28-29H2,2H3;1H3;24*1H/t30-;;;;;;;;;;;;;;;;;;;;;;;;;/m1........................./s1. The number of hydrogen-bond donors (Lipinski definition) is 2. The van der Waals surface area contributed by atoms with Crippen molar-refractivity contribution in [2.45, 2.75) is 13.0 Å². The van der Waals surface area contributed by atoms with E-state index in [9.17, 15) is 14.7 Å². The van der Waals surface area contributed by atoms with Gasteiger partial charge in [-0.1, -0.05) is 5.92 Å². The van der Waals surface area contributed by atoms with Crippen LogP contribution in [0.5, 0.6) is 0 Å². The van der Waals surface area contributed by atoms with Crippen LogP contribution in [-0.4, -0.2) is 36.4 Å². The molecule has 0 aromatic heterocycles. The first-order chi connectivity index (χ1) is 18.1. The zero-order valence-electron chi connectivity index (χ0n) is 19.9. The molecular formula is C32H61NO5. The highest BCUT2D eigenvalue weighted by Crippen LogP contribution is 1.94. The molecular weight excluding hydrogens is 478 g/mol. The number of hydrogen-bond acceptors (Lipinski definition) is 6. The summed E-state index contributed by atoms with van der Waals surface area (Å²) in [6.45, 7) is 0.588. The fourth-order valence-corrected chi connectivity index (χ4v) is 1.30. The highest BCUT2D eigenvalue weighted by molar-refractivity contribution is 5.90. The van der Waals surface area contributed by atoms with Crippen LogP contribution >= 0.6 is 0 Å². The lowest BCUT2D eigenvalue weighted by Gasteiger charge is -2.12. The van der Waals surface area contributed by atoms with Crippen LogP contribution in [0.15, 0.2) is 0 Å². The topological polar surface area (TPSA) is 108 Å². The van der Waals surface area contributed by atoms with Gasteiger partial charge in [0, 0.05) is 46.1 Å². The quantitative estimate of drug-likeness (QED) is 0.289. The van der Waals surface area contributed by atoms with Crippen molar-refractivity contribution in [1.82, 2.24) is 6.15 Å². The summed E-state index contributed by atoms with van der Waals surface area (Å²) in [5.74, 6) is 56.8. The molecule has 0 aliphatic heterocycles. The maximum Gasteiger partial charge on any atom is 0.385 e. The van der Waals surface area contributed by atoms with Crippen molar-refractivity contribution >= 4 is 11.9 Å². The van der Waals surface area contributed by atoms with Crippen molar-refractivity contribution in [2.75, 3.05) is 13.2 Å². The second-order valence-corrected chi connectivity index (χ2v) is 5.08. The minimum atomic E-state index is -1.15. The van der Waals surface area contributed by atoms with Gasteiger partial charge < -0.3 is 20.7 Å². The fraction of sp³-hybridized carbons (Fsp3) is 0.125. The summed E-state index contributed by atoms with van der Waals surface area (Å²) in [5.41, 5.74) is 0. The monoisotopic (exact) mass is 539 g/mol. The molecule has 0 aliphatic carbocycles. The molecule has 0 radical (unpaired) electrons. The average Bonchev–Trinajstić information content (AvgIpc) is 2.90. The van der Waals surface area contributed by atoms with Crippen molar-refractivity contribution in [3.8, 4) is 154 Å². The van der Waals surface area contributed by atoms with E-state index in [1.54, 1.807) is 6.92 Å². The number of carbonyl (C=O) groups is 2. The molecule has 0 fully saturated rings. The summed E-state index contributed by atoms with van der Waals surface area (Å²) >= 11 is 0. The highest BCUT2D eigenvalue weighted by atomic mass is 16.6. The van der Waals surface area contributed by atoms with Crippen LogP contribution < -0.4 is 6.15 Å². The molecule has 0 saturated carbocycles. The van der Waals surface area contributed by atoms with Crippen LogP contribution in [0.25, 0.3) is 0 Å². The van der Waals surface area contributed by atoms with Crippen LogP contribution in [0.1, 0.15) is 41.2 Å². The Kier molecular flexibility index (Phi) is 23.1. The van der Waals surface area contributed by atoms with E-state index in [-0.39, 0.29) is 40.4 Å². The molecule has 4 N–H and O–H groups in total. The summed E-state index contributed by atoms with van der Waals surface area (Å²) in [7, 11) is 0. The Morgan fingerprint density at radius 1 is 0.658 bits per heavy atom. The first-order valence-corrected chi connectivity index (χ1v) is 9.51. The molecule has 0 aromatic rings. The minimum Gasteiger partial charge on any atom is -0.452 e. The van der Waals surface area contributed by atoms with Crippen molar-refractivity contribution in [2.24, 2.45) is 0 Å². The van der Waals surface area contributed by atoms with Gasteiger partial charge in [0.05, 0.1) is 6.61 Å². The second kappa shape index (κ2) is 26.4. The number of terminal acetylenes is 1. The normalized spacial score (nSPS) is 6.34. The Balaban J connectivity index is -0.0000000216. The molecule has 224 valence electrons. The molecule has 0 bridgehead atoms. The van der Waals surface area contributed by atoms with Crippen LogP contribution in [0.4, 0.5) is 0 Å². The van der Waals surface area contributed by atoms with Gasteiger partial charge in [-0.3, -0.25) is 0 Å². The van der Waals surface area contributed by atoms with Crippen molar-refractivity contribution < 1.29 is 58.4 Å². The van der Waals surface area contributed by atoms with E-state index < -0.39 is 31.3 Å². The van der Waals surface area contributed by atoms with Crippen LogP contribution in [0, 0.1) is 154 Å². The van der Waals surface area contributed by atoms with Gasteiger partial charge >= 0.3 is 11.9 Å². The number of ether oxygens (including phenoxy) is 2. The van der Waals surface area contributed by atoms with Gasteiger partial charge in [0.2, 0.25) is 0 Å². The third-order valence-corrected chi connectivity index (χ3v) is 2.59. The van der Waals surface area contributed by atoms with Crippen molar-refractivity contribution in [3.05, 3.63) is 0 Å². The Morgan fingerprint density at radius 2 is 1.03 bits per heavy atom. The van der Waals surface area contributed by atoms with Gasteiger partial charge in [-0.15, -0.1) is 6.42 Å². The van der Waals surface area contributed by atoms with Gasteiger partial charge in [0.25, 0.3) is 0 Å². The molecule has 0 aromatic carbocycles. The van der Waals surface area contributed by atoms with E-state index in [1.165, 1.54) is 0 Å². The molecule has 1 atom stereocenters. The summed E-state index contributed by atoms with van der Waals surface area (Å²) in [4.78, 5) is 23.2. The molecule has 0 amide bonds. The lowest BCUT2D eigenvalue weighted by molar-refractivity contribution is -0.153. The molecule has 38 heavy (non-hydrogen) atoms. The summed E-state index contributed by atoms with van der Waals surface area (Å²) in [6.07, 6.45) is 3.76. The third-order valence-electron chi connectivity index (χ3n) is 2.59. The first kappa shape index (κ1) is 33.3. The lowest BCUT2D eigenvalue weighted by atomic mass is 10.4. The SMILES string of the molecule is C#CC#CC#CC#CC#CC#CC#CC(=O)O[C@H](CO)COC(=O)C#CC#CC#CC#CC#CC#CC.N.[HH].[HH].[HH].[HH].[HH].[HH].[HH].[HH].[HH].[HH].[HH].[HH].[HH].[HH].[HH].[HH].[HH].[HH].[HH].[HH].[HH].[HH].[HH].[HH]. The Morgan fingerprint density at radius 3 is 1.42 bits per heavy atom. The van der Waals surface area contributed by atoms with Crippen LogP contribution in [-0.2, 0) is 19.1 Å². The number of carbonyl (C=O) groups excluding carboxylic acids is 2. The van der Waals surface area contributed by atoms with Gasteiger partial charge in [0.1, 0.15) is 6.61 Å². The zero-order valence-corrected chi connectivity index (χ0v) is 19.9. The Hall–Kier alpha value is -6.86. The van der Waals surface area contributed by atoms with E-state index in [2.05, 4.69) is 148 Å². The van der Waals surface area contributed by atoms with E-state index in [0.717, 1.165) is 0 Å². The summed E-state index contributed by atoms with van der Waals surface area (Å²) < 4.78 is 9.60. The van der Waals surface area contributed by atoms with Gasteiger partial charge in [-0.2, -0.15) is 0 Å². The van der Waals surface area contributed by atoms with Crippen LogP contribution in [0.3, 0.4) is 0 Å². The molecule has 0 aliphatic rings. The molecule has 0 saturated heterocycles. The van der Waals surface area contributed by atoms with Gasteiger partial charge in [-0.25, -0.2) is 9.59 Å². The van der Waals surface area contributed by atoms with E-state index >= 15 is 0 Å². The molecule has 0 rings (SSSR count). The maximum atomic E-state index is 11.6. The van der Waals surface area contributed by atoms with Crippen LogP contribution in [0.2, 0.25) is 0 Å². The minimum absolute atomic E-state index is 0. The largest absolute Gasteiger partial charge is 0.452 e. The Labute approximate surface area is 258 Å². The third kappa shape index (κ3) is 23.8. The lowest BCUT2D eigenvalue weighted by Crippen LogP contribution is -2.27. The van der Waals surface area contributed by atoms with E-state index in [1.807, 2.05) is 0 Å². The number of aliphatic hydroxyl groups is 1. The summed E-state index contributed by atoms with van der Waals surface area (Å²) in [5, 5.41) is 9.24. The summed E-state index contributed by atoms with van der Waals surface area (Å²) in [6, 6.07) is 0. The second-order valence-electron chi connectivity index (χ2n) is 5.08. The molecule has 6 heteroatoms. The zero-order chi connectivity index (χ0) is 27.2. The number of aliphatic hydroxyl groups excluding tert-OH is 1. The maximum absolute atomic E-state index is 11.6. The number of esters is 2. The predicted octanol–water partition coefficient (Wildman–Crippen LogP) is 5.19. The Bertz CT molecular complexity index is 1780. The van der Waals surface area contributed by atoms with Gasteiger partial charge in [-0.05, 0) is 137 Å². The fourth-order valence-electron chi connectivity index (χ4n) is 1.30. The first-order valence-electron chi connectivity index (χ1n) is 9.51. The predicted molar refractivity (Wildman–Crippen MR) is 192 cm³/mol. The van der Waals surface area contributed by atoms with E-state index in [4.69, 9.17) is 15.9 Å². The highest BCUT2D eigenvalue weighted by Gasteiger charge is 2.14. The molecule has 0 unspecified atom stereocenters. The van der Waals surface area contributed by atoms with Gasteiger partial charge in [0.15, 0.2) is 6.10 Å². The number of rotatable bonds is 4. The molecule has 0 spiro atoms. The molecule has 6 nitrogen and oxygen atoms in total. The molecule has 0 heterocycles. The van der Waals surface area contributed by atoms with Crippen molar-refractivity contribution in [3.63, 3.8) is 0 Å². The average molecular weight is 540 g/mol. The van der Waals surface area contributed by atoms with E-state index in [0.29, 0.717) is 0 Å². The van der Waals surface area contributed by atoms with Crippen molar-refractivity contribution in [1.29, 1.82) is 0 Å². The smallest absolute Gasteiger partial charge is 0.385 e.